The summed E-state index contributed by atoms with van der Waals surface area (Å²) in [5.41, 5.74) is 0. The average Bonchev–Trinajstić information content (AvgIpc) is 2.30. The Bertz CT molecular complexity index is 260. The van der Waals surface area contributed by atoms with E-state index in [9.17, 15) is 9.59 Å². The van der Waals surface area contributed by atoms with Crippen LogP contribution in [-0.4, -0.2) is 36.4 Å². The van der Waals surface area contributed by atoms with Crippen molar-refractivity contribution in [1.29, 1.82) is 0 Å². The van der Waals surface area contributed by atoms with E-state index in [1.165, 1.54) is 6.92 Å². The van der Waals surface area contributed by atoms with Crippen LogP contribution in [0.4, 0.5) is 0 Å². The molecule has 0 aliphatic carbocycles. The number of ether oxygens (including phenoxy) is 2. The molecule has 0 radical (unpaired) electrons. The van der Waals surface area contributed by atoms with Crippen LogP contribution >= 0.6 is 0 Å². The highest BCUT2D eigenvalue weighted by atomic mass is 16.6. The number of carbonyl (C=O) groups excluding carboxylic acids is 2. The van der Waals surface area contributed by atoms with E-state index in [1.54, 1.807) is 13.8 Å². The van der Waals surface area contributed by atoms with E-state index in [2.05, 4.69) is 0 Å². The van der Waals surface area contributed by atoms with E-state index in [-0.39, 0.29) is 31.0 Å². The molecular formula is C14H26O5. The van der Waals surface area contributed by atoms with Crippen molar-refractivity contribution >= 4 is 11.9 Å². The van der Waals surface area contributed by atoms with Gasteiger partial charge in [-0.2, -0.15) is 0 Å². The predicted octanol–water partition coefficient (Wildman–Crippen LogP) is 1.77. The van der Waals surface area contributed by atoms with Crippen LogP contribution in [0.25, 0.3) is 0 Å². The van der Waals surface area contributed by atoms with Crippen LogP contribution in [0.3, 0.4) is 0 Å². The molecule has 0 aromatic rings. The monoisotopic (exact) mass is 274 g/mol. The molecule has 0 spiro atoms. The van der Waals surface area contributed by atoms with E-state index in [0.717, 1.165) is 6.42 Å². The van der Waals surface area contributed by atoms with Crippen molar-refractivity contribution in [2.45, 2.75) is 47.1 Å². The van der Waals surface area contributed by atoms with Gasteiger partial charge in [-0.3, -0.25) is 4.79 Å². The molecule has 0 aliphatic rings. The third-order valence-corrected chi connectivity index (χ3v) is 2.54. The van der Waals surface area contributed by atoms with E-state index in [1.807, 2.05) is 13.8 Å². The van der Waals surface area contributed by atoms with Crippen molar-refractivity contribution < 1.29 is 24.2 Å². The highest BCUT2D eigenvalue weighted by molar-refractivity contribution is 5.73. The van der Waals surface area contributed by atoms with Gasteiger partial charge in [0, 0.05) is 5.92 Å². The number of aliphatic hydroxyl groups excluding tert-OH is 1. The van der Waals surface area contributed by atoms with Crippen molar-refractivity contribution in [2.75, 3.05) is 13.2 Å². The molecule has 0 aromatic carbocycles. The minimum Gasteiger partial charge on any atom is -0.465 e. The molecule has 112 valence electrons. The Balaban J connectivity index is 4.23. The molecule has 0 heterocycles. The summed E-state index contributed by atoms with van der Waals surface area (Å²) < 4.78 is 10.1. The smallest absolute Gasteiger partial charge is 0.334 e. The summed E-state index contributed by atoms with van der Waals surface area (Å²) in [6, 6.07) is 0. The lowest BCUT2D eigenvalue weighted by atomic mass is 9.98. The minimum absolute atomic E-state index is 0.0367. The Morgan fingerprint density at radius 1 is 0.947 bits per heavy atom. The fourth-order valence-electron chi connectivity index (χ4n) is 1.54. The van der Waals surface area contributed by atoms with Crippen molar-refractivity contribution in [3.8, 4) is 0 Å². The van der Waals surface area contributed by atoms with Gasteiger partial charge in [0.1, 0.15) is 6.10 Å². The van der Waals surface area contributed by atoms with E-state index >= 15 is 0 Å². The molecular weight excluding hydrogens is 248 g/mol. The summed E-state index contributed by atoms with van der Waals surface area (Å²) in [7, 11) is 0. The minimum atomic E-state index is -1.13. The fourth-order valence-corrected chi connectivity index (χ4v) is 1.54. The van der Waals surface area contributed by atoms with Crippen molar-refractivity contribution in [2.24, 2.45) is 17.8 Å². The quantitative estimate of drug-likeness (QED) is 0.683. The number of esters is 2. The molecule has 1 N–H and O–H groups in total. The standard InChI is InChI=1S/C14H26O5/c1-9(2)6-12(7-18-13(16)10(3)4)8-19-14(17)11(5)15/h9-12,15H,6-8H2,1-5H3/t11-,12?/m1/s1. The number of carbonyl (C=O) groups is 2. The Morgan fingerprint density at radius 3 is 1.79 bits per heavy atom. The van der Waals surface area contributed by atoms with Crippen molar-refractivity contribution in [3.63, 3.8) is 0 Å². The first-order valence-electron chi connectivity index (χ1n) is 6.75. The third kappa shape index (κ3) is 8.59. The largest absolute Gasteiger partial charge is 0.465 e. The first-order valence-corrected chi connectivity index (χ1v) is 6.75. The highest BCUT2D eigenvalue weighted by Crippen LogP contribution is 2.14. The first-order chi connectivity index (χ1) is 8.73. The van der Waals surface area contributed by atoms with Gasteiger partial charge in [0.25, 0.3) is 0 Å². The number of rotatable bonds is 8. The van der Waals surface area contributed by atoms with Gasteiger partial charge in [-0.05, 0) is 19.3 Å². The summed E-state index contributed by atoms with van der Waals surface area (Å²) >= 11 is 0. The third-order valence-electron chi connectivity index (χ3n) is 2.54. The molecule has 5 nitrogen and oxygen atoms in total. The van der Waals surface area contributed by atoms with Crippen LogP contribution in [0.5, 0.6) is 0 Å². The zero-order valence-corrected chi connectivity index (χ0v) is 12.5. The van der Waals surface area contributed by atoms with E-state index < -0.39 is 12.1 Å². The zero-order valence-electron chi connectivity index (χ0n) is 12.5. The van der Waals surface area contributed by atoms with Crippen molar-refractivity contribution in [3.05, 3.63) is 0 Å². The van der Waals surface area contributed by atoms with Crippen LogP contribution in [0.1, 0.15) is 41.0 Å². The maximum atomic E-state index is 11.4. The molecule has 0 fully saturated rings. The van der Waals surface area contributed by atoms with Crippen LogP contribution in [-0.2, 0) is 19.1 Å². The van der Waals surface area contributed by atoms with Gasteiger partial charge in [-0.25, -0.2) is 4.79 Å². The molecule has 0 rings (SSSR count). The summed E-state index contributed by atoms with van der Waals surface area (Å²) in [6.45, 7) is 9.40. The van der Waals surface area contributed by atoms with Gasteiger partial charge < -0.3 is 14.6 Å². The summed E-state index contributed by atoms with van der Waals surface area (Å²) in [5.74, 6) is -0.697. The lowest BCUT2D eigenvalue weighted by Gasteiger charge is -2.20. The summed E-state index contributed by atoms with van der Waals surface area (Å²) in [6.07, 6.45) is -0.337. The maximum Gasteiger partial charge on any atom is 0.334 e. The predicted molar refractivity (Wildman–Crippen MR) is 71.4 cm³/mol. The van der Waals surface area contributed by atoms with Gasteiger partial charge in [-0.15, -0.1) is 0 Å². The van der Waals surface area contributed by atoms with Crippen LogP contribution in [0, 0.1) is 17.8 Å². The van der Waals surface area contributed by atoms with Crippen LogP contribution < -0.4 is 0 Å². The average molecular weight is 274 g/mol. The fraction of sp³-hybridized carbons (Fsp3) is 0.857. The molecule has 0 saturated carbocycles. The second-order valence-electron chi connectivity index (χ2n) is 5.59. The molecule has 19 heavy (non-hydrogen) atoms. The lowest BCUT2D eigenvalue weighted by molar-refractivity contribution is -0.156. The van der Waals surface area contributed by atoms with Gasteiger partial charge in [0.05, 0.1) is 19.1 Å². The summed E-state index contributed by atoms with van der Waals surface area (Å²) in [4.78, 5) is 22.6. The van der Waals surface area contributed by atoms with Gasteiger partial charge in [0.2, 0.25) is 0 Å². The second kappa shape index (κ2) is 8.91. The number of hydrogen-bond acceptors (Lipinski definition) is 5. The molecule has 0 bridgehead atoms. The maximum absolute atomic E-state index is 11.4. The van der Waals surface area contributed by atoms with Crippen molar-refractivity contribution in [1.82, 2.24) is 0 Å². The van der Waals surface area contributed by atoms with Gasteiger partial charge >= 0.3 is 11.9 Å². The Kier molecular flexibility index (Phi) is 8.39. The molecule has 0 aromatic heterocycles. The van der Waals surface area contributed by atoms with E-state index in [0.29, 0.717) is 5.92 Å². The van der Waals surface area contributed by atoms with Gasteiger partial charge in [-0.1, -0.05) is 27.7 Å². The Labute approximate surface area is 115 Å². The molecule has 0 aliphatic heterocycles. The molecule has 2 atom stereocenters. The normalized spacial score (nSPS) is 14.3. The second-order valence-corrected chi connectivity index (χ2v) is 5.59. The highest BCUT2D eigenvalue weighted by Gasteiger charge is 2.19. The Hall–Kier alpha value is -1.10. The molecule has 1 unspecified atom stereocenters. The molecule has 0 saturated heterocycles. The van der Waals surface area contributed by atoms with Gasteiger partial charge in [0.15, 0.2) is 0 Å². The molecule has 5 heteroatoms. The number of hydrogen-bond donors (Lipinski definition) is 1. The first kappa shape index (κ1) is 17.9. The zero-order chi connectivity index (χ0) is 15.0. The Morgan fingerprint density at radius 2 is 1.42 bits per heavy atom. The topological polar surface area (TPSA) is 72.8 Å². The lowest BCUT2D eigenvalue weighted by Crippen LogP contribution is -2.27. The molecule has 0 amide bonds. The van der Waals surface area contributed by atoms with Crippen LogP contribution in [0.15, 0.2) is 0 Å². The SMILES string of the molecule is CC(C)CC(COC(=O)C(C)C)COC(=O)[C@@H](C)O. The van der Waals surface area contributed by atoms with E-state index in [4.69, 9.17) is 14.6 Å². The summed E-state index contributed by atoms with van der Waals surface area (Å²) in [5, 5.41) is 9.05. The van der Waals surface area contributed by atoms with Crippen LogP contribution in [0.2, 0.25) is 0 Å². The number of aliphatic hydroxyl groups is 1.